The molecule has 1 heterocycles. The molecule has 1 rings (SSSR count). The molecule has 8 heteroatoms. The maximum Gasteiger partial charge on any atom is 0.322 e. The zero-order valence-corrected chi connectivity index (χ0v) is 11.9. The first-order valence-corrected chi connectivity index (χ1v) is 7.71. The van der Waals surface area contributed by atoms with Crippen molar-refractivity contribution in [3.05, 3.63) is 0 Å². The maximum absolute atomic E-state index is 12.0. The molecule has 110 valence electrons. The average molecular weight is 293 g/mol. The third-order valence-electron chi connectivity index (χ3n) is 3.41. The van der Waals surface area contributed by atoms with E-state index in [0.29, 0.717) is 6.42 Å². The Labute approximate surface area is 112 Å². The van der Waals surface area contributed by atoms with Gasteiger partial charge in [-0.25, -0.2) is 8.42 Å². The molecule has 19 heavy (non-hydrogen) atoms. The van der Waals surface area contributed by atoms with Crippen molar-refractivity contribution in [1.29, 1.82) is 0 Å². The van der Waals surface area contributed by atoms with Crippen molar-refractivity contribution >= 4 is 22.0 Å². The molecule has 0 aromatic carbocycles. The first kappa shape index (κ1) is 15.9. The van der Waals surface area contributed by atoms with Gasteiger partial charge >= 0.3 is 11.9 Å². The fourth-order valence-electron chi connectivity index (χ4n) is 2.24. The van der Waals surface area contributed by atoms with Crippen LogP contribution in [0, 0.1) is 5.92 Å². The van der Waals surface area contributed by atoms with Gasteiger partial charge in [-0.2, -0.15) is 4.31 Å². The number of carbonyl (C=O) groups excluding carboxylic acids is 1. The van der Waals surface area contributed by atoms with Crippen molar-refractivity contribution in [1.82, 2.24) is 4.31 Å². The van der Waals surface area contributed by atoms with Gasteiger partial charge in [0.2, 0.25) is 10.0 Å². The van der Waals surface area contributed by atoms with E-state index in [9.17, 15) is 18.0 Å². The number of rotatable bonds is 5. The number of aliphatic carboxylic acids is 1. The number of sulfonamides is 1. The molecule has 0 aliphatic carbocycles. The second-order valence-electron chi connectivity index (χ2n) is 4.60. The van der Waals surface area contributed by atoms with Crippen LogP contribution < -0.4 is 0 Å². The van der Waals surface area contributed by atoms with E-state index in [-0.39, 0.29) is 18.9 Å². The Hall–Kier alpha value is -1.15. The molecule has 1 N–H and O–H groups in total. The highest BCUT2D eigenvalue weighted by Gasteiger charge is 2.40. The van der Waals surface area contributed by atoms with Gasteiger partial charge in [0.15, 0.2) is 5.75 Å². The van der Waals surface area contributed by atoms with Crippen LogP contribution in [0.1, 0.15) is 26.2 Å². The van der Waals surface area contributed by atoms with Crippen LogP contribution in [-0.4, -0.2) is 55.2 Å². The molecule has 1 aliphatic rings. The summed E-state index contributed by atoms with van der Waals surface area (Å²) in [5, 5.41) is 9.15. The highest BCUT2D eigenvalue weighted by molar-refractivity contribution is 7.89. The van der Waals surface area contributed by atoms with Gasteiger partial charge in [0.1, 0.15) is 6.04 Å². The van der Waals surface area contributed by atoms with E-state index in [2.05, 4.69) is 4.74 Å². The zero-order valence-electron chi connectivity index (χ0n) is 11.0. The Kier molecular flexibility index (Phi) is 5.30. The molecule has 1 saturated heterocycles. The smallest absolute Gasteiger partial charge is 0.322 e. The van der Waals surface area contributed by atoms with Crippen LogP contribution >= 0.6 is 0 Å². The molecule has 2 unspecified atom stereocenters. The van der Waals surface area contributed by atoms with Crippen molar-refractivity contribution in [3.8, 4) is 0 Å². The molecule has 7 nitrogen and oxygen atoms in total. The number of nitrogens with zero attached hydrogens (tertiary/aromatic N) is 1. The minimum Gasteiger partial charge on any atom is -0.480 e. The van der Waals surface area contributed by atoms with Crippen LogP contribution in [0.5, 0.6) is 0 Å². The van der Waals surface area contributed by atoms with Crippen molar-refractivity contribution in [2.75, 3.05) is 19.4 Å². The van der Waals surface area contributed by atoms with Crippen molar-refractivity contribution in [2.24, 2.45) is 5.92 Å². The fourth-order valence-corrected chi connectivity index (χ4v) is 3.76. The van der Waals surface area contributed by atoms with Crippen LogP contribution in [0.2, 0.25) is 0 Å². The molecule has 0 bridgehead atoms. The number of carbonyl (C=O) groups is 2. The Morgan fingerprint density at radius 1 is 1.42 bits per heavy atom. The first-order valence-electron chi connectivity index (χ1n) is 6.11. The van der Waals surface area contributed by atoms with Crippen LogP contribution in [0.25, 0.3) is 0 Å². The third-order valence-corrected chi connectivity index (χ3v) is 5.16. The summed E-state index contributed by atoms with van der Waals surface area (Å²) in [5.74, 6) is -2.68. The van der Waals surface area contributed by atoms with E-state index in [0.717, 1.165) is 17.8 Å². The fraction of sp³-hybridized carbons (Fsp3) is 0.818. The van der Waals surface area contributed by atoms with E-state index >= 15 is 0 Å². The zero-order chi connectivity index (χ0) is 14.6. The average Bonchev–Trinajstić information content (AvgIpc) is 2.37. The summed E-state index contributed by atoms with van der Waals surface area (Å²) < 4.78 is 29.3. The second-order valence-corrected chi connectivity index (χ2v) is 6.52. The molecular formula is C11H19NO6S. The predicted octanol–water partition coefficient (Wildman–Crippen LogP) is 0.0644. The quantitative estimate of drug-likeness (QED) is 0.720. The lowest BCUT2D eigenvalue weighted by atomic mass is 9.90. The van der Waals surface area contributed by atoms with Gasteiger partial charge in [0, 0.05) is 6.54 Å². The molecule has 1 fully saturated rings. The summed E-state index contributed by atoms with van der Waals surface area (Å²) in [4.78, 5) is 22.3. The van der Waals surface area contributed by atoms with Crippen molar-refractivity contribution in [2.45, 2.75) is 32.2 Å². The highest BCUT2D eigenvalue weighted by Crippen LogP contribution is 2.27. The first-order chi connectivity index (χ1) is 8.81. The molecule has 0 aromatic rings. The van der Waals surface area contributed by atoms with E-state index < -0.39 is 33.8 Å². The lowest BCUT2D eigenvalue weighted by molar-refractivity contribution is -0.143. The molecule has 0 radical (unpaired) electrons. The standard InChI is InChI=1S/C11H19NO6S/c1-3-8-4-5-12(9(6-8)11(14)15)19(16,17)7-10(13)18-2/h8-9H,3-7H2,1-2H3,(H,14,15). The number of carboxylic acid groups (broad SMARTS) is 1. The van der Waals surface area contributed by atoms with Gasteiger partial charge in [-0.15, -0.1) is 0 Å². The van der Waals surface area contributed by atoms with Crippen LogP contribution in [0.4, 0.5) is 0 Å². The van der Waals surface area contributed by atoms with E-state index in [4.69, 9.17) is 5.11 Å². The topological polar surface area (TPSA) is 101 Å². The van der Waals surface area contributed by atoms with Gasteiger partial charge in [0.25, 0.3) is 0 Å². The normalized spacial score (nSPS) is 24.9. The van der Waals surface area contributed by atoms with Gasteiger partial charge < -0.3 is 9.84 Å². The van der Waals surface area contributed by atoms with E-state index in [1.807, 2.05) is 6.92 Å². The molecular weight excluding hydrogens is 274 g/mol. The minimum atomic E-state index is -3.94. The van der Waals surface area contributed by atoms with E-state index in [1.165, 1.54) is 0 Å². The molecule has 0 amide bonds. The monoisotopic (exact) mass is 293 g/mol. The molecule has 0 saturated carbocycles. The summed E-state index contributed by atoms with van der Waals surface area (Å²) in [6.07, 6.45) is 1.71. The highest BCUT2D eigenvalue weighted by atomic mass is 32.2. The minimum absolute atomic E-state index is 0.134. The van der Waals surface area contributed by atoms with Crippen molar-refractivity contribution in [3.63, 3.8) is 0 Å². The molecule has 0 spiro atoms. The van der Waals surface area contributed by atoms with Gasteiger partial charge in [-0.3, -0.25) is 9.59 Å². The van der Waals surface area contributed by atoms with Gasteiger partial charge in [-0.1, -0.05) is 13.3 Å². The SMILES string of the molecule is CCC1CCN(S(=O)(=O)CC(=O)OC)C(C(=O)O)C1. The number of methoxy groups -OCH3 is 1. The summed E-state index contributed by atoms with van der Waals surface area (Å²) in [6.45, 7) is 2.08. The Morgan fingerprint density at radius 2 is 2.05 bits per heavy atom. The molecule has 2 atom stereocenters. The largest absolute Gasteiger partial charge is 0.480 e. The number of ether oxygens (including phenoxy) is 1. The summed E-state index contributed by atoms with van der Waals surface area (Å²) in [7, 11) is -2.85. The number of esters is 1. The number of piperidine rings is 1. The summed E-state index contributed by atoms with van der Waals surface area (Å²) >= 11 is 0. The van der Waals surface area contributed by atoms with E-state index in [1.54, 1.807) is 0 Å². The lowest BCUT2D eigenvalue weighted by Crippen LogP contribution is -2.51. The van der Waals surface area contributed by atoms with Crippen LogP contribution in [0.3, 0.4) is 0 Å². The summed E-state index contributed by atoms with van der Waals surface area (Å²) in [5.41, 5.74) is 0. The maximum atomic E-state index is 12.0. The van der Waals surface area contributed by atoms with Gasteiger partial charge in [-0.05, 0) is 18.8 Å². The Bertz CT molecular complexity index is 446. The van der Waals surface area contributed by atoms with Crippen molar-refractivity contribution < 1.29 is 27.9 Å². The lowest BCUT2D eigenvalue weighted by Gasteiger charge is -2.35. The third kappa shape index (κ3) is 3.90. The van der Waals surface area contributed by atoms with Gasteiger partial charge in [0.05, 0.1) is 7.11 Å². The molecule has 1 aliphatic heterocycles. The Morgan fingerprint density at radius 3 is 2.53 bits per heavy atom. The second kappa shape index (κ2) is 6.33. The van der Waals surface area contributed by atoms with Crippen LogP contribution in [-0.2, 0) is 24.3 Å². The Balaban J connectivity index is 2.91. The number of carboxylic acids is 1. The van der Waals surface area contributed by atoms with Crippen LogP contribution in [0.15, 0.2) is 0 Å². The summed E-state index contributed by atoms with van der Waals surface area (Å²) in [6, 6.07) is -1.09. The molecule has 0 aromatic heterocycles. The number of hydrogen-bond acceptors (Lipinski definition) is 5. The predicted molar refractivity (Wildman–Crippen MR) is 66.9 cm³/mol. The number of hydrogen-bond donors (Lipinski definition) is 1.